The van der Waals surface area contributed by atoms with Crippen molar-refractivity contribution in [3.05, 3.63) is 34.9 Å². The van der Waals surface area contributed by atoms with Gasteiger partial charge in [0.05, 0.1) is 5.60 Å². The molecule has 2 nitrogen and oxygen atoms in total. The average Bonchev–Trinajstić information content (AvgIpc) is 2.16. The molecule has 78 valence electrons. The van der Waals surface area contributed by atoms with Gasteiger partial charge in [0, 0.05) is 12.1 Å². The second-order valence-corrected chi connectivity index (χ2v) is 4.20. The van der Waals surface area contributed by atoms with Gasteiger partial charge in [0.2, 0.25) is 0 Å². The minimum atomic E-state index is -0.675. The van der Waals surface area contributed by atoms with Gasteiger partial charge in [-0.1, -0.05) is 23.7 Å². The highest BCUT2D eigenvalue weighted by Crippen LogP contribution is 2.29. The zero-order chi connectivity index (χ0) is 10.8. The van der Waals surface area contributed by atoms with E-state index in [0.29, 0.717) is 5.02 Å². The molecule has 0 fully saturated rings. The van der Waals surface area contributed by atoms with Gasteiger partial charge >= 0.3 is 0 Å². The second kappa shape index (κ2) is 4.30. The first-order valence-electron chi connectivity index (χ1n) is 4.46. The van der Waals surface area contributed by atoms with Crippen molar-refractivity contribution in [3.63, 3.8) is 0 Å². The van der Waals surface area contributed by atoms with Gasteiger partial charge in [0.1, 0.15) is 6.10 Å². The number of aliphatic hydroxyl groups excluding tert-OH is 1. The highest BCUT2D eigenvalue weighted by atomic mass is 35.5. The van der Waals surface area contributed by atoms with Crippen molar-refractivity contribution < 1.29 is 9.84 Å². The number of methoxy groups -OCH3 is 1. The summed E-state index contributed by atoms with van der Waals surface area (Å²) >= 11 is 5.83. The molecule has 1 aromatic rings. The molecule has 3 heteroatoms. The van der Waals surface area contributed by atoms with Gasteiger partial charge in [-0.05, 0) is 31.5 Å². The first-order valence-corrected chi connectivity index (χ1v) is 4.84. The standard InChI is InChI=1S/C11H15ClO2/c1-11(2,14-3)10(13)8-5-4-6-9(12)7-8/h4-7,10,13H,1-3H3. The predicted molar refractivity (Wildman–Crippen MR) is 57.5 cm³/mol. The van der Waals surface area contributed by atoms with Crippen LogP contribution < -0.4 is 0 Å². The highest BCUT2D eigenvalue weighted by Gasteiger charge is 2.28. The Labute approximate surface area is 89.5 Å². The largest absolute Gasteiger partial charge is 0.385 e. The van der Waals surface area contributed by atoms with Crippen molar-refractivity contribution in [3.8, 4) is 0 Å². The Balaban J connectivity index is 2.94. The molecule has 0 radical (unpaired) electrons. The summed E-state index contributed by atoms with van der Waals surface area (Å²) in [6, 6.07) is 7.16. The second-order valence-electron chi connectivity index (χ2n) is 3.77. The van der Waals surface area contributed by atoms with E-state index in [1.54, 1.807) is 19.2 Å². The molecule has 0 saturated carbocycles. The van der Waals surface area contributed by atoms with Crippen LogP contribution in [-0.4, -0.2) is 17.8 Å². The summed E-state index contributed by atoms with van der Waals surface area (Å²) in [7, 11) is 1.58. The van der Waals surface area contributed by atoms with Crippen LogP contribution in [0.5, 0.6) is 0 Å². The zero-order valence-electron chi connectivity index (χ0n) is 8.62. The first kappa shape index (κ1) is 11.5. The smallest absolute Gasteiger partial charge is 0.107 e. The van der Waals surface area contributed by atoms with Crippen LogP contribution in [0.25, 0.3) is 0 Å². The van der Waals surface area contributed by atoms with Crippen molar-refractivity contribution in [1.29, 1.82) is 0 Å². The molecule has 1 rings (SSSR count). The summed E-state index contributed by atoms with van der Waals surface area (Å²) in [4.78, 5) is 0. The molecule has 0 aromatic heterocycles. The summed E-state index contributed by atoms with van der Waals surface area (Å²) in [6.07, 6.45) is -0.675. The van der Waals surface area contributed by atoms with Crippen molar-refractivity contribution in [1.82, 2.24) is 0 Å². The number of rotatable bonds is 3. The van der Waals surface area contributed by atoms with E-state index in [-0.39, 0.29) is 0 Å². The Morgan fingerprint density at radius 1 is 1.43 bits per heavy atom. The molecule has 0 spiro atoms. The van der Waals surface area contributed by atoms with Crippen molar-refractivity contribution >= 4 is 11.6 Å². The number of hydrogen-bond acceptors (Lipinski definition) is 2. The number of ether oxygens (including phenoxy) is 1. The van der Waals surface area contributed by atoms with Crippen LogP contribution >= 0.6 is 11.6 Å². The molecule has 0 amide bonds. The number of halogens is 1. The summed E-state index contributed by atoms with van der Waals surface area (Å²) in [6.45, 7) is 3.66. The van der Waals surface area contributed by atoms with E-state index in [0.717, 1.165) is 5.56 Å². The molecule has 1 aromatic carbocycles. The third-order valence-electron chi connectivity index (χ3n) is 2.35. The molecule has 0 aliphatic carbocycles. The lowest BCUT2D eigenvalue weighted by atomic mass is 9.95. The molecule has 0 bridgehead atoms. The molecule has 0 aliphatic rings. The zero-order valence-corrected chi connectivity index (χ0v) is 9.38. The van der Waals surface area contributed by atoms with Gasteiger partial charge in [0.25, 0.3) is 0 Å². The van der Waals surface area contributed by atoms with E-state index in [2.05, 4.69) is 0 Å². The van der Waals surface area contributed by atoms with Crippen molar-refractivity contribution in [2.45, 2.75) is 25.6 Å². The fourth-order valence-corrected chi connectivity index (χ4v) is 1.39. The maximum absolute atomic E-state index is 9.99. The predicted octanol–water partition coefficient (Wildman–Crippen LogP) is 2.80. The van der Waals surface area contributed by atoms with Crippen molar-refractivity contribution in [2.24, 2.45) is 0 Å². The minimum absolute atomic E-state index is 0.606. The van der Waals surface area contributed by atoms with Gasteiger partial charge < -0.3 is 9.84 Å². The Kier molecular flexibility index (Phi) is 3.53. The van der Waals surface area contributed by atoms with E-state index < -0.39 is 11.7 Å². The van der Waals surface area contributed by atoms with E-state index in [1.165, 1.54) is 0 Å². The Bertz CT molecular complexity index is 310. The third kappa shape index (κ3) is 2.47. The topological polar surface area (TPSA) is 29.5 Å². The summed E-state index contributed by atoms with van der Waals surface area (Å²) in [5, 5.41) is 10.6. The van der Waals surface area contributed by atoms with E-state index in [1.807, 2.05) is 26.0 Å². The van der Waals surface area contributed by atoms with Gasteiger partial charge in [-0.15, -0.1) is 0 Å². The SMILES string of the molecule is COC(C)(C)C(O)c1cccc(Cl)c1. The van der Waals surface area contributed by atoms with Crippen molar-refractivity contribution in [2.75, 3.05) is 7.11 Å². The molecule has 1 N–H and O–H groups in total. The number of benzene rings is 1. The summed E-state index contributed by atoms with van der Waals surface area (Å²) < 4.78 is 5.20. The van der Waals surface area contributed by atoms with Crippen LogP contribution in [0.4, 0.5) is 0 Å². The lowest BCUT2D eigenvalue weighted by molar-refractivity contribution is -0.0793. The minimum Gasteiger partial charge on any atom is -0.385 e. The molecule has 0 saturated heterocycles. The third-order valence-corrected chi connectivity index (χ3v) is 2.58. The number of aliphatic hydroxyl groups is 1. The van der Waals surface area contributed by atoms with Gasteiger partial charge in [-0.2, -0.15) is 0 Å². The van der Waals surface area contributed by atoms with E-state index >= 15 is 0 Å². The highest BCUT2D eigenvalue weighted by molar-refractivity contribution is 6.30. The Morgan fingerprint density at radius 2 is 2.07 bits per heavy atom. The lowest BCUT2D eigenvalue weighted by Gasteiger charge is -2.29. The van der Waals surface area contributed by atoms with E-state index in [4.69, 9.17) is 16.3 Å². The molecule has 0 heterocycles. The van der Waals surface area contributed by atoms with Crippen LogP contribution in [0, 0.1) is 0 Å². The quantitative estimate of drug-likeness (QED) is 0.839. The summed E-state index contributed by atoms with van der Waals surface area (Å²) in [5.74, 6) is 0. The maximum atomic E-state index is 9.99. The fourth-order valence-electron chi connectivity index (χ4n) is 1.19. The molecular formula is C11H15ClO2. The number of hydrogen-bond donors (Lipinski definition) is 1. The maximum Gasteiger partial charge on any atom is 0.107 e. The summed E-state index contributed by atoms with van der Waals surface area (Å²) in [5.41, 5.74) is 0.161. The monoisotopic (exact) mass is 214 g/mol. The van der Waals surface area contributed by atoms with Crippen LogP contribution in [0.1, 0.15) is 25.5 Å². The van der Waals surface area contributed by atoms with Gasteiger partial charge in [-0.25, -0.2) is 0 Å². The molecule has 14 heavy (non-hydrogen) atoms. The van der Waals surface area contributed by atoms with E-state index in [9.17, 15) is 5.11 Å². The van der Waals surface area contributed by atoms with Gasteiger partial charge in [0.15, 0.2) is 0 Å². The first-order chi connectivity index (χ1) is 6.47. The van der Waals surface area contributed by atoms with Gasteiger partial charge in [-0.3, -0.25) is 0 Å². The van der Waals surface area contributed by atoms with Crippen LogP contribution in [-0.2, 0) is 4.74 Å². The average molecular weight is 215 g/mol. The van der Waals surface area contributed by atoms with Crippen LogP contribution in [0.3, 0.4) is 0 Å². The Morgan fingerprint density at radius 3 is 2.57 bits per heavy atom. The molecule has 1 atom stereocenters. The van der Waals surface area contributed by atoms with Crippen LogP contribution in [0.15, 0.2) is 24.3 Å². The molecule has 0 aliphatic heterocycles. The molecular weight excluding hydrogens is 200 g/mol. The Hall–Kier alpha value is -0.570. The lowest BCUT2D eigenvalue weighted by Crippen LogP contribution is -2.31. The molecule has 1 unspecified atom stereocenters. The fraction of sp³-hybridized carbons (Fsp3) is 0.455. The normalized spacial score (nSPS) is 14.1. The van der Waals surface area contributed by atoms with Crippen LogP contribution in [0.2, 0.25) is 5.02 Å².